The third-order valence-corrected chi connectivity index (χ3v) is 2.43. The lowest BCUT2D eigenvalue weighted by Crippen LogP contribution is -2.36. The molecule has 5 heteroatoms. The summed E-state index contributed by atoms with van der Waals surface area (Å²) in [5.41, 5.74) is 0. The molecule has 1 amide bonds. The number of amides is 1. The molecule has 0 aromatic carbocycles. The van der Waals surface area contributed by atoms with E-state index in [-0.39, 0.29) is 12.0 Å². The number of nitrogens with zero attached hydrogens (tertiary/aromatic N) is 1. The zero-order valence-corrected chi connectivity index (χ0v) is 10.2. The van der Waals surface area contributed by atoms with Crippen molar-refractivity contribution >= 4 is 5.91 Å². The Kier molecular flexibility index (Phi) is 5.73. The molecule has 1 aliphatic carbocycles. The predicted molar refractivity (Wildman–Crippen MR) is 63.2 cm³/mol. The average Bonchev–Trinajstić information content (AvgIpc) is 2.95. The summed E-state index contributed by atoms with van der Waals surface area (Å²) in [5.74, 6) is 0.108. The molecule has 1 unspecified atom stereocenters. The normalized spacial score (nSPS) is 17.5. The van der Waals surface area contributed by atoms with Gasteiger partial charge >= 0.3 is 0 Å². The van der Waals surface area contributed by atoms with Crippen LogP contribution in [0, 0.1) is 0 Å². The molecule has 16 heavy (non-hydrogen) atoms. The fourth-order valence-electron chi connectivity index (χ4n) is 1.48. The van der Waals surface area contributed by atoms with Crippen LogP contribution >= 0.6 is 0 Å². The number of rotatable bonds is 8. The highest BCUT2D eigenvalue weighted by Gasteiger charge is 2.22. The second-order valence-corrected chi connectivity index (χ2v) is 4.71. The van der Waals surface area contributed by atoms with E-state index in [0.29, 0.717) is 32.1 Å². The standard InChI is InChI=1S/C11H23N3O2/c1-14(2)8-10(15)7-12-6-5-11(16)13-9-3-4-9/h9-10,12,15H,3-8H2,1-2H3,(H,13,16). The molecule has 1 atom stereocenters. The second-order valence-electron chi connectivity index (χ2n) is 4.71. The third kappa shape index (κ3) is 6.76. The van der Waals surface area contributed by atoms with Gasteiger partial charge in [0.05, 0.1) is 6.10 Å². The summed E-state index contributed by atoms with van der Waals surface area (Å²) in [6.45, 7) is 1.80. The van der Waals surface area contributed by atoms with Crippen molar-refractivity contribution in [2.75, 3.05) is 33.7 Å². The van der Waals surface area contributed by atoms with Crippen LogP contribution in [0.2, 0.25) is 0 Å². The number of aliphatic hydroxyl groups excluding tert-OH is 1. The smallest absolute Gasteiger partial charge is 0.221 e. The Bertz CT molecular complexity index is 217. The number of hydrogen-bond acceptors (Lipinski definition) is 4. The van der Waals surface area contributed by atoms with Gasteiger partial charge in [-0.25, -0.2) is 0 Å². The summed E-state index contributed by atoms with van der Waals surface area (Å²) in [4.78, 5) is 13.2. The molecule has 5 nitrogen and oxygen atoms in total. The quantitative estimate of drug-likeness (QED) is 0.475. The maximum atomic E-state index is 11.3. The molecule has 0 aromatic rings. The van der Waals surface area contributed by atoms with Crippen LogP contribution < -0.4 is 10.6 Å². The maximum absolute atomic E-state index is 11.3. The molecular formula is C11H23N3O2. The van der Waals surface area contributed by atoms with Crippen LogP contribution in [0.25, 0.3) is 0 Å². The first-order valence-electron chi connectivity index (χ1n) is 5.91. The van der Waals surface area contributed by atoms with Gasteiger partial charge in [0.2, 0.25) is 5.91 Å². The summed E-state index contributed by atoms with van der Waals surface area (Å²) in [5, 5.41) is 15.5. The predicted octanol–water partition coefficient (Wildman–Crippen LogP) is -0.833. The van der Waals surface area contributed by atoms with E-state index in [4.69, 9.17) is 0 Å². The van der Waals surface area contributed by atoms with E-state index in [0.717, 1.165) is 12.8 Å². The van der Waals surface area contributed by atoms with Crippen molar-refractivity contribution in [3.05, 3.63) is 0 Å². The van der Waals surface area contributed by atoms with E-state index in [1.165, 1.54) is 0 Å². The van der Waals surface area contributed by atoms with Gasteiger partial charge in [-0.15, -0.1) is 0 Å². The first kappa shape index (κ1) is 13.4. The van der Waals surface area contributed by atoms with E-state index < -0.39 is 0 Å². The minimum atomic E-state index is -0.374. The molecule has 0 saturated heterocycles. The number of hydrogen-bond donors (Lipinski definition) is 3. The number of carbonyl (C=O) groups is 1. The minimum absolute atomic E-state index is 0.108. The Labute approximate surface area is 97.2 Å². The van der Waals surface area contributed by atoms with Crippen LogP contribution in [0.4, 0.5) is 0 Å². The number of likely N-dealkylation sites (N-methyl/N-ethyl adjacent to an activating group) is 1. The van der Waals surface area contributed by atoms with Crippen LogP contribution in [0.15, 0.2) is 0 Å². The molecule has 0 aliphatic heterocycles. The molecule has 0 spiro atoms. The topological polar surface area (TPSA) is 64.6 Å². The molecule has 1 aliphatic rings. The number of aliphatic hydroxyl groups is 1. The maximum Gasteiger partial charge on any atom is 0.221 e. The fraction of sp³-hybridized carbons (Fsp3) is 0.909. The molecule has 1 rings (SSSR count). The fourth-order valence-corrected chi connectivity index (χ4v) is 1.48. The highest BCUT2D eigenvalue weighted by Crippen LogP contribution is 2.18. The molecule has 0 heterocycles. The lowest BCUT2D eigenvalue weighted by atomic mass is 10.3. The van der Waals surface area contributed by atoms with Crippen LogP contribution in [-0.2, 0) is 4.79 Å². The minimum Gasteiger partial charge on any atom is -0.390 e. The van der Waals surface area contributed by atoms with Gasteiger partial charge in [-0.2, -0.15) is 0 Å². The molecular weight excluding hydrogens is 206 g/mol. The van der Waals surface area contributed by atoms with E-state index in [1.807, 2.05) is 19.0 Å². The molecule has 94 valence electrons. The van der Waals surface area contributed by atoms with Gasteiger partial charge in [0.1, 0.15) is 0 Å². The first-order valence-corrected chi connectivity index (χ1v) is 5.91. The largest absolute Gasteiger partial charge is 0.390 e. The van der Waals surface area contributed by atoms with E-state index in [9.17, 15) is 9.90 Å². The van der Waals surface area contributed by atoms with Crippen LogP contribution in [0.5, 0.6) is 0 Å². The van der Waals surface area contributed by atoms with Crippen molar-refractivity contribution in [2.24, 2.45) is 0 Å². The molecule has 1 fully saturated rings. The van der Waals surface area contributed by atoms with Gasteiger partial charge in [0, 0.05) is 32.1 Å². The summed E-state index contributed by atoms with van der Waals surface area (Å²) in [6, 6.07) is 0.437. The van der Waals surface area contributed by atoms with Crippen molar-refractivity contribution in [1.82, 2.24) is 15.5 Å². The summed E-state index contributed by atoms with van der Waals surface area (Å²) in [6.07, 6.45) is 2.37. The van der Waals surface area contributed by atoms with E-state index in [2.05, 4.69) is 10.6 Å². The Morgan fingerprint density at radius 2 is 2.19 bits per heavy atom. The number of carbonyl (C=O) groups excluding carboxylic acids is 1. The zero-order chi connectivity index (χ0) is 12.0. The highest BCUT2D eigenvalue weighted by molar-refractivity contribution is 5.76. The van der Waals surface area contributed by atoms with Gasteiger partial charge in [-0.1, -0.05) is 0 Å². The average molecular weight is 229 g/mol. The molecule has 1 saturated carbocycles. The lowest BCUT2D eigenvalue weighted by Gasteiger charge is -2.16. The second kappa shape index (κ2) is 6.83. The van der Waals surface area contributed by atoms with Crippen LogP contribution in [-0.4, -0.2) is 61.8 Å². The molecule has 0 radical (unpaired) electrons. The Morgan fingerprint density at radius 3 is 2.75 bits per heavy atom. The van der Waals surface area contributed by atoms with Gasteiger partial charge < -0.3 is 20.6 Å². The molecule has 0 bridgehead atoms. The molecule has 3 N–H and O–H groups in total. The van der Waals surface area contributed by atoms with Crippen molar-refractivity contribution in [2.45, 2.75) is 31.4 Å². The van der Waals surface area contributed by atoms with Crippen molar-refractivity contribution in [3.8, 4) is 0 Å². The monoisotopic (exact) mass is 229 g/mol. The Balaban J connectivity index is 1.91. The van der Waals surface area contributed by atoms with E-state index >= 15 is 0 Å². The van der Waals surface area contributed by atoms with E-state index in [1.54, 1.807) is 0 Å². The Hall–Kier alpha value is -0.650. The van der Waals surface area contributed by atoms with Crippen molar-refractivity contribution < 1.29 is 9.90 Å². The summed E-state index contributed by atoms with van der Waals surface area (Å²) in [7, 11) is 3.85. The third-order valence-electron chi connectivity index (χ3n) is 2.43. The summed E-state index contributed by atoms with van der Waals surface area (Å²) >= 11 is 0. The van der Waals surface area contributed by atoms with Crippen LogP contribution in [0.3, 0.4) is 0 Å². The Morgan fingerprint density at radius 1 is 1.50 bits per heavy atom. The van der Waals surface area contributed by atoms with Gasteiger partial charge in [0.15, 0.2) is 0 Å². The van der Waals surface area contributed by atoms with Gasteiger partial charge in [-0.3, -0.25) is 4.79 Å². The molecule has 0 aromatic heterocycles. The summed E-state index contributed by atoms with van der Waals surface area (Å²) < 4.78 is 0. The van der Waals surface area contributed by atoms with Gasteiger partial charge in [0.25, 0.3) is 0 Å². The highest BCUT2D eigenvalue weighted by atomic mass is 16.3. The first-order chi connectivity index (χ1) is 7.58. The van der Waals surface area contributed by atoms with Crippen LogP contribution in [0.1, 0.15) is 19.3 Å². The van der Waals surface area contributed by atoms with Crippen molar-refractivity contribution in [1.29, 1.82) is 0 Å². The van der Waals surface area contributed by atoms with Crippen molar-refractivity contribution in [3.63, 3.8) is 0 Å². The SMILES string of the molecule is CN(C)CC(O)CNCCC(=O)NC1CC1. The number of nitrogens with one attached hydrogen (secondary N) is 2. The lowest BCUT2D eigenvalue weighted by molar-refractivity contribution is -0.121. The zero-order valence-electron chi connectivity index (χ0n) is 10.2. The van der Waals surface area contributed by atoms with Gasteiger partial charge in [-0.05, 0) is 26.9 Å².